The van der Waals surface area contributed by atoms with Crippen LogP contribution in [-0.2, 0) is 9.53 Å². The molecule has 0 bridgehead atoms. The molecule has 1 heterocycles. The summed E-state index contributed by atoms with van der Waals surface area (Å²) < 4.78 is 14.9. The van der Waals surface area contributed by atoms with Crippen LogP contribution in [0.25, 0.3) is 0 Å². The number of carbonyl (C=O) groups excluding carboxylic acids is 2. The summed E-state index contributed by atoms with van der Waals surface area (Å²) in [6.45, 7) is 4.46. The lowest BCUT2D eigenvalue weighted by Crippen LogP contribution is -2.30. The molecule has 1 unspecified atom stereocenters. The molecule has 0 radical (unpaired) electrons. The highest BCUT2D eigenvalue weighted by atomic mass is 16.6. The van der Waals surface area contributed by atoms with Crippen LogP contribution in [0.5, 0.6) is 5.75 Å². The molecule has 0 aliphatic rings. The first-order valence-electron chi connectivity index (χ1n) is 7.51. The van der Waals surface area contributed by atoms with E-state index in [2.05, 4.69) is 10.5 Å². The van der Waals surface area contributed by atoms with E-state index in [9.17, 15) is 19.7 Å². The molecule has 0 saturated heterocycles. The third kappa shape index (κ3) is 3.97. The highest BCUT2D eigenvalue weighted by Crippen LogP contribution is 2.29. The van der Waals surface area contributed by atoms with Crippen molar-refractivity contribution in [1.29, 1.82) is 0 Å². The fourth-order valence-electron chi connectivity index (χ4n) is 2.18. The molecule has 0 aliphatic carbocycles. The van der Waals surface area contributed by atoms with Crippen molar-refractivity contribution in [3.63, 3.8) is 0 Å². The second-order valence-electron chi connectivity index (χ2n) is 5.38. The van der Waals surface area contributed by atoms with Crippen molar-refractivity contribution in [3.8, 4) is 5.75 Å². The number of benzene rings is 1. The molecule has 2 aromatic rings. The number of carbonyl (C=O) groups is 2. The molecule has 138 valence electrons. The fraction of sp³-hybridized carbons (Fsp3) is 0.312. The average Bonchev–Trinajstić information content (AvgIpc) is 2.93. The number of rotatable bonds is 6. The Morgan fingerprint density at radius 3 is 2.58 bits per heavy atom. The lowest BCUT2D eigenvalue weighted by atomic mass is 10.2. The molecule has 2 rings (SSSR count). The van der Waals surface area contributed by atoms with Crippen molar-refractivity contribution < 1.29 is 28.5 Å². The summed E-state index contributed by atoms with van der Waals surface area (Å²) in [7, 11) is 1.37. The lowest BCUT2D eigenvalue weighted by molar-refractivity contribution is -0.384. The van der Waals surface area contributed by atoms with Crippen LogP contribution < -0.4 is 10.1 Å². The molecule has 0 saturated carbocycles. The van der Waals surface area contributed by atoms with Crippen molar-refractivity contribution in [2.45, 2.75) is 26.9 Å². The first-order chi connectivity index (χ1) is 12.2. The Bertz CT molecular complexity index is 840. The number of hydrogen-bond donors (Lipinski definition) is 1. The number of ether oxygens (including phenoxy) is 2. The molecule has 1 aromatic carbocycles. The van der Waals surface area contributed by atoms with Crippen molar-refractivity contribution in [1.82, 2.24) is 5.16 Å². The number of amides is 1. The van der Waals surface area contributed by atoms with Gasteiger partial charge < -0.3 is 19.3 Å². The zero-order valence-electron chi connectivity index (χ0n) is 14.6. The Morgan fingerprint density at radius 2 is 2.04 bits per heavy atom. The van der Waals surface area contributed by atoms with Gasteiger partial charge in [-0.05, 0) is 32.9 Å². The molecule has 26 heavy (non-hydrogen) atoms. The summed E-state index contributed by atoms with van der Waals surface area (Å²) in [5.41, 5.74) is 0.0916. The van der Waals surface area contributed by atoms with Gasteiger partial charge in [0.05, 0.1) is 23.8 Å². The molecule has 1 atom stereocenters. The highest BCUT2D eigenvalue weighted by molar-refractivity contribution is 5.99. The molecule has 0 spiro atoms. The number of aryl methyl sites for hydroxylation is 2. The van der Waals surface area contributed by atoms with Crippen LogP contribution in [0.2, 0.25) is 0 Å². The molecule has 10 nitrogen and oxygen atoms in total. The predicted molar refractivity (Wildman–Crippen MR) is 89.1 cm³/mol. The van der Waals surface area contributed by atoms with Gasteiger partial charge in [0, 0.05) is 0 Å². The van der Waals surface area contributed by atoms with Crippen LogP contribution in [-0.4, -0.2) is 35.2 Å². The Labute approximate surface area is 148 Å². The molecule has 10 heteroatoms. The minimum Gasteiger partial charge on any atom is -0.496 e. The van der Waals surface area contributed by atoms with Gasteiger partial charge in [-0.3, -0.25) is 14.9 Å². The number of esters is 1. The van der Waals surface area contributed by atoms with Crippen molar-refractivity contribution in [3.05, 3.63) is 45.3 Å². The Morgan fingerprint density at radius 1 is 1.35 bits per heavy atom. The largest absolute Gasteiger partial charge is 0.496 e. The Kier molecular flexibility index (Phi) is 5.55. The maximum Gasteiger partial charge on any atom is 0.344 e. The Balaban J connectivity index is 2.12. The molecule has 0 aliphatic heterocycles. The number of anilines is 1. The molecular formula is C16H17N3O7. The number of nitrogens with zero attached hydrogens (tertiary/aromatic N) is 2. The first kappa shape index (κ1) is 18.9. The van der Waals surface area contributed by atoms with Crippen molar-refractivity contribution >= 4 is 23.3 Å². The van der Waals surface area contributed by atoms with Crippen LogP contribution in [0.15, 0.2) is 22.7 Å². The Hall–Kier alpha value is -3.43. The topological polar surface area (TPSA) is 134 Å². The first-order valence-corrected chi connectivity index (χ1v) is 7.51. The number of nitro groups is 1. The normalized spacial score (nSPS) is 11.5. The van der Waals surface area contributed by atoms with Gasteiger partial charge >= 0.3 is 5.97 Å². The molecular weight excluding hydrogens is 346 g/mol. The summed E-state index contributed by atoms with van der Waals surface area (Å²) in [6.07, 6.45) is -1.20. The van der Waals surface area contributed by atoms with Crippen LogP contribution in [0.1, 0.15) is 28.7 Å². The average molecular weight is 363 g/mol. The number of methoxy groups -OCH3 is 1. The summed E-state index contributed by atoms with van der Waals surface area (Å²) in [4.78, 5) is 34.9. The second kappa shape index (κ2) is 7.64. The quantitative estimate of drug-likeness (QED) is 0.470. The smallest absolute Gasteiger partial charge is 0.344 e. The van der Waals surface area contributed by atoms with E-state index in [0.717, 1.165) is 0 Å². The third-order valence-electron chi connectivity index (χ3n) is 3.55. The van der Waals surface area contributed by atoms with Crippen LogP contribution in [0, 0.1) is 24.0 Å². The number of nitrogens with one attached hydrogen (secondary N) is 1. The molecule has 1 N–H and O–H groups in total. The molecule has 0 fully saturated rings. The van der Waals surface area contributed by atoms with E-state index in [1.807, 2.05) is 0 Å². The maximum absolute atomic E-state index is 12.2. The van der Waals surface area contributed by atoms with E-state index in [4.69, 9.17) is 14.0 Å². The zero-order chi connectivity index (χ0) is 19.4. The summed E-state index contributed by atoms with van der Waals surface area (Å²) in [5.74, 6) is -0.954. The van der Waals surface area contributed by atoms with Gasteiger partial charge in [-0.1, -0.05) is 5.16 Å². The highest BCUT2D eigenvalue weighted by Gasteiger charge is 2.26. The van der Waals surface area contributed by atoms with E-state index >= 15 is 0 Å². The van der Waals surface area contributed by atoms with E-state index in [0.29, 0.717) is 5.69 Å². The fourth-order valence-corrected chi connectivity index (χ4v) is 2.18. The van der Waals surface area contributed by atoms with Gasteiger partial charge in [0.2, 0.25) is 0 Å². The number of nitro benzene ring substituents is 1. The predicted octanol–water partition coefficient (Wildman–Crippen LogP) is 2.39. The summed E-state index contributed by atoms with van der Waals surface area (Å²) in [6, 6.07) is 3.97. The minimum absolute atomic E-state index is 0.0407. The van der Waals surface area contributed by atoms with Gasteiger partial charge in [-0.25, -0.2) is 4.79 Å². The van der Waals surface area contributed by atoms with Gasteiger partial charge in [0.25, 0.3) is 11.6 Å². The van der Waals surface area contributed by atoms with Crippen molar-refractivity contribution in [2.75, 3.05) is 12.4 Å². The standard InChI is InChI=1S/C16H17N3O7/c1-8-14(9(2)26-18-8)16(21)25-10(3)15(20)17-12-6-5-11(24-4)7-13(12)19(22)23/h5-7,10H,1-4H3,(H,17,20). The molecule has 1 amide bonds. The maximum atomic E-state index is 12.2. The van der Waals surface area contributed by atoms with Crippen LogP contribution >= 0.6 is 0 Å². The van der Waals surface area contributed by atoms with E-state index < -0.39 is 22.9 Å². The van der Waals surface area contributed by atoms with Gasteiger partial charge in [0.15, 0.2) is 6.10 Å². The van der Waals surface area contributed by atoms with Crippen LogP contribution in [0.3, 0.4) is 0 Å². The van der Waals surface area contributed by atoms with Gasteiger partial charge in [0.1, 0.15) is 22.8 Å². The zero-order valence-corrected chi connectivity index (χ0v) is 14.6. The summed E-state index contributed by atoms with van der Waals surface area (Å²) in [5, 5.41) is 17.2. The number of aromatic nitrogens is 1. The van der Waals surface area contributed by atoms with Crippen molar-refractivity contribution in [2.24, 2.45) is 0 Å². The van der Waals surface area contributed by atoms with Gasteiger partial charge in [-0.15, -0.1) is 0 Å². The van der Waals surface area contributed by atoms with Crippen LogP contribution in [0.4, 0.5) is 11.4 Å². The van der Waals surface area contributed by atoms with E-state index in [1.165, 1.54) is 32.2 Å². The third-order valence-corrected chi connectivity index (χ3v) is 3.55. The summed E-state index contributed by atoms with van der Waals surface area (Å²) >= 11 is 0. The monoisotopic (exact) mass is 363 g/mol. The SMILES string of the molecule is COc1ccc(NC(=O)C(C)OC(=O)c2c(C)noc2C)c([N+](=O)[O-])c1. The molecule has 1 aromatic heterocycles. The lowest BCUT2D eigenvalue weighted by Gasteiger charge is -2.13. The second-order valence-corrected chi connectivity index (χ2v) is 5.38. The number of hydrogen-bond acceptors (Lipinski definition) is 8. The van der Waals surface area contributed by atoms with E-state index in [-0.39, 0.29) is 28.4 Å². The minimum atomic E-state index is -1.20. The van der Waals surface area contributed by atoms with Gasteiger partial charge in [-0.2, -0.15) is 0 Å². The van der Waals surface area contributed by atoms with E-state index in [1.54, 1.807) is 13.8 Å².